The number of carbonyl (C=O) groups excluding carboxylic acids is 1. The van der Waals surface area contributed by atoms with Crippen LogP contribution in [0.1, 0.15) is 64.7 Å². The van der Waals surface area contributed by atoms with Gasteiger partial charge in [0.05, 0.1) is 24.9 Å². The predicted octanol–water partition coefficient (Wildman–Crippen LogP) is 1.85. The minimum atomic E-state index is -1.04. The monoisotopic (exact) mass is 428 g/mol. The van der Waals surface area contributed by atoms with Gasteiger partial charge in [-0.25, -0.2) is 0 Å². The third kappa shape index (κ3) is 10.7. The van der Waals surface area contributed by atoms with Crippen LogP contribution in [0.5, 0.6) is 0 Å². The van der Waals surface area contributed by atoms with Gasteiger partial charge in [0.15, 0.2) is 0 Å². The Morgan fingerprint density at radius 2 is 1.90 bits per heavy atom. The predicted molar refractivity (Wildman–Crippen MR) is 115 cm³/mol. The molecule has 1 saturated carbocycles. The van der Waals surface area contributed by atoms with Gasteiger partial charge >= 0.3 is 5.97 Å². The second-order valence-corrected chi connectivity index (χ2v) is 8.18. The van der Waals surface area contributed by atoms with E-state index in [9.17, 15) is 20.1 Å². The van der Waals surface area contributed by atoms with Gasteiger partial charge < -0.3 is 30.3 Å². The second-order valence-electron chi connectivity index (χ2n) is 8.18. The SMILES string of the molecule is CCCCC[C@H](O)C=C[C@@H]1[C@@H](C/C=C/CCCC(=O)OCC(O)CO)[C@@H](O)C[C@H]1O. The molecular weight excluding hydrogens is 388 g/mol. The fraction of sp³-hybridized carbons (Fsp3) is 0.783. The molecule has 5 N–H and O–H groups in total. The van der Waals surface area contributed by atoms with E-state index in [1.54, 1.807) is 6.08 Å². The highest BCUT2D eigenvalue weighted by Crippen LogP contribution is 2.36. The lowest BCUT2D eigenvalue weighted by Gasteiger charge is -2.19. The molecule has 0 saturated heterocycles. The van der Waals surface area contributed by atoms with Crippen molar-refractivity contribution < 1.29 is 35.1 Å². The van der Waals surface area contributed by atoms with Crippen LogP contribution >= 0.6 is 0 Å². The number of carbonyl (C=O) groups is 1. The lowest BCUT2D eigenvalue weighted by atomic mass is 9.89. The summed E-state index contributed by atoms with van der Waals surface area (Å²) in [5.74, 6) is -0.688. The van der Waals surface area contributed by atoms with Crippen molar-refractivity contribution in [1.29, 1.82) is 0 Å². The van der Waals surface area contributed by atoms with Crippen LogP contribution in [-0.4, -0.2) is 69.1 Å². The van der Waals surface area contributed by atoms with Gasteiger partial charge in [0.25, 0.3) is 0 Å². The summed E-state index contributed by atoms with van der Waals surface area (Å²) in [6, 6.07) is 0. The molecule has 6 atom stereocenters. The maximum atomic E-state index is 11.5. The smallest absolute Gasteiger partial charge is 0.305 e. The molecule has 0 aliphatic heterocycles. The normalized spacial score (nSPS) is 26.5. The van der Waals surface area contributed by atoms with Gasteiger partial charge in [0.1, 0.15) is 12.7 Å². The Balaban J connectivity index is 2.36. The summed E-state index contributed by atoms with van der Waals surface area (Å²) in [5, 5.41) is 48.4. The second kappa shape index (κ2) is 15.5. The summed E-state index contributed by atoms with van der Waals surface area (Å²) in [7, 11) is 0. The van der Waals surface area contributed by atoms with Crippen molar-refractivity contribution in [3.8, 4) is 0 Å². The van der Waals surface area contributed by atoms with Gasteiger partial charge in [-0.15, -0.1) is 0 Å². The average Bonchev–Trinajstić information content (AvgIpc) is 2.99. The fourth-order valence-electron chi connectivity index (χ4n) is 3.71. The number of unbranched alkanes of at least 4 members (excludes halogenated alkanes) is 3. The molecule has 0 aromatic carbocycles. The first kappa shape index (κ1) is 26.8. The van der Waals surface area contributed by atoms with Gasteiger partial charge in [-0.1, -0.05) is 50.5 Å². The number of aliphatic hydroxyl groups is 5. The molecule has 0 radical (unpaired) electrons. The number of esters is 1. The molecule has 7 nitrogen and oxygen atoms in total. The molecule has 0 amide bonds. The number of rotatable bonds is 15. The number of hydrogen-bond donors (Lipinski definition) is 5. The molecule has 1 aliphatic carbocycles. The minimum absolute atomic E-state index is 0.0970. The molecule has 0 aromatic heterocycles. The minimum Gasteiger partial charge on any atom is -0.463 e. The summed E-state index contributed by atoms with van der Waals surface area (Å²) in [5.41, 5.74) is 0. The molecule has 1 aliphatic rings. The first-order valence-corrected chi connectivity index (χ1v) is 11.2. The molecule has 1 fully saturated rings. The van der Waals surface area contributed by atoms with Crippen LogP contribution in [0.3, 0.4) is 0 Å². The zero-order valence-electron chi connectivity index (χ0n) is 18.1. The quantitative estimate of drug-likeness (QED) is 0.153. The first-order chi connectivity index (χ1) is 14.4. The Morgan fingerprint density at radius 1 is 1.13 bits per heavy atom. The van der Waals surface area contributed by atoms with E-state index in [0.717, 1.165) is 19.3 Å². The van der Waals surface area contributed by atoms with Crippen molar-refractivity contribution in [2.45, 2.75) is 89.1 Å². The molecule has 0 bridgehead atoms. The molecular formula is C23H40O7. The Labute approximate surface area is 180 Å². The number of ether oxygens (including phenoxy) is 1. The summed E-state index contributed by atoms with van der Waals surface area (Å²) < 4.78 is 4.84. The van der Waals surface area contributed by atoms with E-state index in [1.165, 1.54) is 0 Å². The summed E-state index contributed by atoms with van der Waals surface area (Å²) in [6.07, 6.45) is 11.1. The molecule has 1 unspecified atom stereocenters. The Kier molecular flexibility index (Phi) is 13.9. The summed E-state index contributed by atoms with van der Waals surface area (Å²) in [6.45, 7) is 1.48. The first-order valence-electron chi connectivity index (χ1n) is 11.2. The van der Waals surface area contributed by atoms with E-state index < -0.39 is 37.0 Å². The van der Waals surface area contributed by atoms with Crippen molar-refractivity contribution in [3.63, 3.8) is 0 Å². The van der Waals surface area contributed by atoms with Crippen LogP contribution in [0, 0.1) is 11.8 Å². The van der Waals surface area contributed by atoms with Crippen molar-refractivity contribution in [2.24, 2.45) is 11.8 Å². The van der Waals surface area contributed by atoms with E-state index in [1.807, 2.05) is 18.2 Å². The van der Waals surface area contributed by atoms with E-state index in [4.69, 9.17) is 14.9 Å². The van der Waals surface area contributed by atoms with E-state index in [-0.39, 0.29) is 24.9 Å². The van der Waals surface area contributed by atoms with Crippen molar-refractivity contribution >= 4 is 5.97 Å². The van der Waals surface area contributed by atoms with Crippen LogP contribution in [-0.2, 0) is 9.53 Å². The van der Waals surface area contributed by atoms with E-state index in [0.29, 0.717) is 32.1 Å². The lowest BCUT2D eigenvalue weighted by molar-refractivity contribution is -0.147. The van der Waals surface area contributed by atoms with Crippen LogP contribution in [0.2, 0.25) is 0 Å². The van der Waals surface area contributed by atoms with Crippen molar-refractivity contribution in [1.82, 2.24) is 0 Å². The van der Waals surface area contributed by atoms with Gasteiger partial charge in [-0.3, -0.25) is 4.79 Å². The Hall–Kier alpha value is -1.25. The van der Waals surface area contributed by atoms with Crippen molar-refractivity contribution in [3.05, 3.63) is 24.3 Å². The number of aliphatic hydroxyl groups excluding tert-OH is 5. The van der Waals surface area contributed by atoms with Crippen LogP contribution in [0.25, 0.3) is 0 Å². The van der Waals surface area contributed by atoms with Gasteiger partial charge in [-0.2, -0.15) is 0 Å². The van der Waals surface area contributed by atoms with Gasteiger partial charge in [0.2, 0.25) is 0 Å². The largest absolute Gasteiger partial charge is 0.463 e. The zero-order chi connectivity index (χ0) is 22.4. The molecule has 174 valence electrons. The van der Waals surface area contributed by atoms with Crippen LogP contribution in [0.4, 0.5) is 0 Å². The molecule has 0 aromatic rings. The average molecular weight is 429 g/mol. The number of allylic oxidation sites excluding steroid dienone is 2. The lowest BCUT2D eigenvalue weighted by Crippen LogP contribution is -2.21. The number of hydrogen-bond acceptors (Lipinski definition) is 7. The van der Waals surface area contributed by atoms with Gasteiger partial charge in [-0.05, 0) is 31.6 Å². The fourth-order valence-corrected chi connectivity index (χ4v) is 3.71. The molecule has 0 spiro atoms. The van der Waals surface area contributed by atoms with Crippen LogP contribution in [0.15, 0.2) is 24.3 Å². The molecule has 0 heterocycles. The standard InChI is InChI=1S/C23H40O7/c1-2-3-6-9-17(25)12-13-20-19(21(27)14-22(20)28)10-7-4-5-8-11-23(29)30-16-18(26)15-24/h4,7,12-13,17-22,24-28H,2-3,5-6,8-11,14-16H2,1H3/b7-4+,13-12?/t17-,18?,19+,20+,21-,22+/m0/s1. The maximum Gasteiger partial charge on any atom is 0.305 e. The van der Waals surface area contributed by atoms with Crippen LogP contribution < -0.4 is 0 Å². The topological polar surface area (TPSA) is 127 Å². The highest BCUT2D eigenvalue weighted by molar-refractivity contribution is 5.69. The third-order valence-corrected chi connectivity index (χ3v) is 5.55. The highest BCUT2D eigenvalue weighted by Gasteiger charge is 2.39. The molecule has 30 heavy (non-hydrogen) atoms. The molecule has 7 heteroatoms. The summed E-state index contributed by atoms with van der Waals surface area (Å²) >= 11 is 0. The third-order valence-electron chi connectivity index (χ3n) is 5.55. The Morgan fingerprint density at radius 3 is 2.60 bits per heavy atom. The molecule has 1 rings (SSSR count). The van der Waals surface area contributed by atoms with Gasteiger partial charge in [0, 0.05) is 18.8 Å². The van der Waals surface area contributed by atoms with Crippen molar-refractivity contribution in [2.75, 3.05) is 13.2 Å². The summed E-state index contributed by atoms with van der Waals surface area (Å²) in [4.78, 5) is 11.5. The highest BCUT2D eigenvalue weighted by atomic mass is 16.5. The maximum absolute atomic E-state index is 11.5. The Bertz CT molecular complexity index is 520. The van der Waals surface area contributed by atoms with E-state index in [2.05, 4.69) is 6.92 Å². The van der Waals surface area contributed by atoms with E-state index >= 15 is 0 Å². The zero-order valence-corrected chi connectivity index (χ0v) is 18.1.